The van der Waals surface area contributed by atoms with Gasteiger partial charge in [0.25, 0.3) is 5.91 Å². The van der Waals surface area contributed by atoms with Gasteiger partial charge in [-0.15, -0.1) is 0 Å². The predicted molar refractivity (Wildman–Crippen MR) is 133 cm³/mol. The second-order valence-corrected chi connectivity index (χ2v) is 7.79. The Morgan fingerprint density at radius 2 is 1.91 bits per heavy atom. The van der Waals surface area contributed by atoms with Crippen molar-refractivity contribution in [3.63, 3.8) is 0 Å². The van der Waals surface area contributed by atoms with Crippen LogP contribution in [0.15, 0.2) is 66.7 Å². The number of nitrogens with zero attached hydrogens (tertiary/aromatic N) is 3. The lowest BCUT2D eigenvalue weighted by Crippen LogP contribution is -2.20. The summed E-state index contributed by atoms with van der Waals surface area (Å²) in [7, 11) is 3.39. The summed E-state index contributed by atoms with van der Waals surface area (Å²) < 4.78 is 13.0. The van der Waals surface area contributed by atoms with E-state index in [2.05, 4.69) is 16.4 Å². The number of ether oxygens (including phenoxy) is 2. The lowest BCUT2D eigenvalue weighted by atomic mass is 10.1. The van der Waals surface area contributed by atoms with Crippen LogP contribution in [0, 0.1) is 11.3 Å². The van der Waals surface area contributed by atoms with E-state index in [-0.39, 0.29) is 12.5 Å². The average Bonchev–Trinajstić information content (AvgIpc) is 3.19. The number of amides is 1. The van der Waals surface area contributed by atoms with Gasteiger partial charge in [0.1, 0.15) is 6.07 Å². The van der Waals surface area contributed by atoms with E-state index >= 15 is 0 Å². The van der Waals surface area contributed by atoms with Crippen LogP contribution in [-0.4, -0.2) is 29.2 Å². The normalized spacial score (nSPS) is 11.2. The number of hydrogen-bond donors (Lipinski definition) is 1. The Morgan fingerprint density at radius 1 is 1.15 bits per heavy atom. The molecular weight excluding hydrogens is 452 g/mol. The zero-order chi connectivity index (χ0) is 24.1. The molecule has 8 heteroatoms. The summed E-state index contributed by atoms with van der Waals surface area (Å²) >= 11 is 6.07. The van der Waals surface area contributed by atoms with Crippen molar-refractivity contribution in [2.75, 3.05) is 19.0 Å². The Hall–Kier alpha value is -4.28. The zero-order valence-electron chi connectivity index (χ0n) is 18.6. The van der Waals surface area contributed by atoms with Crippen molar-refractivity contribution in [2.24, 2.45) is 7.05 Å². The third kappa shape index (κ3) is 4.87. The molecule has 3 aromatic carbocycles. The van der Waals surface area contributed by atoms with E-state index < -0.39 is 0 Å². The third-order valence-corrected chi connectivity index (χ3v) is 5.48. The number of nitriles is 1. The average molecular weight is 473 g/mol. The molecule has 1 heterocycles. The van der Waals surface area contributed by atoms with Crippen molar-refractivity contribution < 1.29 is 14.3 Å². The number of benzene rings is 3. The fourth-order valence-corrected chi connectivity index (χ4v) is 3.67. The van der Waals surface area contributed by atoms with Crippen molar-refractivity contribution in [1.29, 1.82) is 5.26 Å². The van der Waals surface area contributed by atoms with Crippen LogP contribution in [-0.2, 0) is 11.8 Å². The van der Waals surface area contributed by atoms with E-state index in [1.165, 1.54) is 7.11 Å². The number of allylic oxidation sites excluding steroid dienone is 1. The fraction of sp³-hybridized carbons (Fsp3) is 0.115. The maximum absolute atomic E-state index is 12.3. The van der Waals surface area contributed by atoms with Crippen molar-refractivity contribution in [3.05, 3.63) is 83.1 Å². The first-order valence-electron chi connectivity index (χ1n) is 10.4. The van der Waals surface area contributed by atoms with E-state index in [1.807, 2.05) is 35.9 Å². The highest BCUT2D eigenvalue weighted by molar-refractivity contribution is 6.33. The number of aromatic nitrogens is 2. The Balaban J connectivity index is 1.52. The molecule has 0 saturated carbocycles. The molecule has 0 aliphatic rings. The Bertz CT molecular complexity index is 1440. The van der Waals surface area contributed by atoms with Gasteiger partial charge in [0.2, 0.25) is 0 Å². The number of nitrogens with one attached hydrogen (secondary N) is 1. The number of carbonyl (C=O) groups is 1. The van der Waals surface area contributed by atoms with Gasteiger partial charge >= 0.3 is 0 Å². The summed E-state index contributed by atoms with van der Waals surface area (Å²) in [6.45, 7) is -0.222. The molecule has 34 heavy (non-hydrogen) atoms. The minimum Gasteiger partial charge on any atom is -0.493 e. The molecular formula is C26H21ClN4O3. The molecule has 0 aliphatic carbocycles. The first kappa shape index (κ1) is 22.9. The third-order valence-electron chi connectivity index (χ3n) is 5.15. The van der Waals surface area contributed by atoms with Gasteiger partial charge in [0.05, 0.1) is 34.4 Å². The lowest BCUT2D eigenvalue weighted by molar-refractivity contribution is -0.118. The number of anilines is 1. The maximum atomic E-state index is 12.3. The van der Waals surface area contributed by atoms with Crippen LogP contribution in [0.2, 0.25) is 5.02 Å². The number of fused-ring (bicyclic) bond motifs is 1. The molecule has 7 nitrogen and oxygen atoms in total. The predicted octanol–water partition coefficient (Wildman–Crippen LogP) is 5.32. The molecule has 0 bridgehead atoms. The minimum atomic E-state index is -0.354. The second kappa shape index (κ2) is 10.1. The van der Waals surface area contributed by atoms with Crippen molar-refractivity contribution >= 4 is 45.9 Å². The van der Waals surface area contributed by atoms with Crippen molar-refractivity contribution in [1.82, 2.24) is 9.55 Å². The van der Waals surface area contributed by atoms with Crippen LogP contribution in [0.5, 0.6) is 11.5 Å². The zero-order valence-corrected chi connectivity index (χ0v) is 19.3. The van der Waals surface area contributed by atoms with Crippen LogP contribution in [0.4, 0.5) is 5.69 Å². The van der Waals surface area contributed by atoms with Gasteiger partial charge in [0.15, 0.2) is 23.9 Å². The van der Waals surface area contributed by atoms with Gasteiger partial charge in [-0.3, -0.25) is 4.79 Å². The molecule has 0 spiro atoms. The topological polar surface area (TPSA) is 89.2 Å². The number of hydrogen-bond acceptors (Lipinski definition) is 5. The lowest BCUT2D eigenvalue weighted by Gasteiger charge is -2.12. The highest BCUT2D eigenvalue weighted by Crippen LogP contribution is 2.30. The van der Waals surface area contributed by atoms with Crippen molar-refractivity contribution in [3.8, 4) is 17.6 Å². The Labute approximate surface area is 201 Å². The Kier molecular flexibility index (Phi) is 6.81. The molecule has 4 aromatic rings. The SMILES string of the molecule is COc1cc(/C=C(\C#N)c2nc3ccccc3n2C)ccc1OCC(=O)Nc1ccccc1Cl. The molecule has 170 valence electrons. The first-order chi connectivity index (χ1) is 16.5. The smallest absolute Gasteiger partial charge is 0.262 e. The number of rotatable bonds is 7. The molecule has 1 amide bonds. The van der Waals surface area contributed by atoms with Crippen LogP contribution in [0.25, 0.3) is 22.7 Å². The summed E-state index contributed by atoms with van der Waals surface area (Å²) in [6, 6.07) is 22.1. The van der Waals surface area contributed by atoms with Gasteiger partial charge in [-0.25, -0.2) is 4.98 Å². The minimum absolute atomic E-state index is 0.222. The van der Waals surface area contributed by atoms with Gasteiger partial charge in [-0.2, -0.15) is 5.26 Å². The summed E-state index contributed by atoms with van der Waals surface area (Å²) in [5.74, 6) is 1.05. The highest BCUT2D eigenvalue weighted by Gasteiger charge is 2.14. The molecule has 0 saturated heterocycles. The molecule has 0 atom stereocenters. The largest absolute Gasteiger partial charge is 0.493 e. The molecule has 0 unspecified atom stereocenters. The monoisotopic (exact) mass is 472 g/mol. The standard InChI is InChI=1S/C26H21ClN4O3/c1-31-22-10-6-5-9-21(22)30-26(31)18(15-28)13-17-11-12-23(24(14-17)33-2)34-16-25(32)29-20-8-4-3-7-19(20)27/h3-14H,16H2,1-2H3,(H,29,32)/b18-13+. The second-order valence-electron chi connectivity index (χ2n) is 7.38. The number of para-hydroxylation sites is 3. The van der Waals surface area contributed by atoms with Crippen LogP contribution < -0.4 is 14.8 Å². The van der Waals surface area contributed by atoms with Gasteiger partial charge in [-0.1, -0.05) is 41.9 Å². The molecule has 1 aromatic heterocycles. The van der Waals surface area contributed by atoms with E-state index in [9.17, 15) is 10.1 Å². The van der Waals surface area contributed by atoms with Crippen LogP contribution in [0.3, 0.4) is 0 Å². The molecule has 0 aliphatic heterocycles. The Morgan fingerprint density at radius 3 is 2.65 bits per heavy atom. The summed E-state index contributed by atoms with van der Waals surface area (Å²) in [4.78, 5) is 16.9. The number of methoxy groups -OCH3 is 1. The summed E-state index contributed by atoms with van der Waals surface area (Å²) in [5.41, 5.74) is 3.41. The maximum Gasteiger partial charge on any atom is 0.262 e. The van der Waals surface area contributed by atoms with Gasteiger partial charge in [-0.05, 0) is 48.0 Å². The van der Waals surface area contributed by atoms with Crippen LogP contribution >= 0.6 is 11.6 Å². The molecule has 0 radical (unpaired) electrons. The number of carbonyl (C=O) groups excluding carboxylic acids is 1. The summed E-state index contributed by atoms with van der Waals surface area (Å²) in [6.07, 6.45) is 1.73. The van der Waals surface area contributed by atoms with Gasteiger partial charge in [0, 0.05) is 7.05 Å². The fourth-order valence-electron chi connectivity index (χ4n) is 3.49. The van der Waals surface area contributed by atoms with E-state index in [4.69, 9.17) is 21.1 Å². The number of halogens is 1. The van der Waals surface area contributed by atoms with E-state index in [0.717, 1.165) is 16.6 Å². The van der Waals surface area contributed by atoms with Gasteiger partial charge < -0.3 is 19.4 Å². The van der Waals surface area contributed by atoms with Crippen molar-refractivity contribution in [2.45, 2.75) is 0 Å². The van der Waals surface area contributed by atoms with Crippen LogP contribution in [0.1, 0.15) is 11.4 Å². The molecule has 4 rings (SSSR count). The number of aryl methyl sites for hydroxylation is 1. The highest BCUT2D eigenvalue weighted by atomic mass is 35.5. The summed E-state index contributed by atoms with van der Waals surface area (Å²) in [5, 5.41) is 12.9. The number of imidazole rings is 1. The first-order valence-corrected chi connectivity index (χ1v) is 10.8. The van der Waals surface area contributed by atoms with E-state index in [1.54, 1.807) is 48.5 Å². The quantitative estimate of drug-likeness (QED) is 0.368. The van der Waals surface area contributed by atoms with E-state index in [0.29, 0.717) is 33.6 Å². The molecule has 1 N–H and O–H groups in total. The molecule has 0 fully saturated rings.